The summed E-state index contributed by atoms with van der Waals surface area (Å²) in [4.78, 5) is 34.4. The van der Waals surface area contributed by atoms with E-state index < -0.39 is 16.8 Å². The fraction of sp³-hybridized carbons (Fsp3) is 0.385. The van der Waals surface area contributed by atoms with Crippen LogP contribution in [0.25, 0.3) is 0 Å². The monoisotopic (exact) mass is 329 g/mol. The first-order valence-electron chi connectivity index (χ1n) is 6.51. The third-order valence-electron chi connectivity index (χ3n) is 2.70. The van der Waals surface area contributed by atoms with Crippen molar-refractivity contribution < 1.29 is 19.6 Å². The minimum Gasteiger partial charge on any atom is -0.480 e. The molecule has 1 aromatic rings. The largest absolute Gasteiger partial charge is 0.480 e. The lowest BCUT2D eigenvalue weighted by Crippen LogP contribution is -2.37. The Morgan fingerprint density at radius 3 is 2.64 bits per heavy atom. The first-order valence-corrected chi connectivity index (χ1v) is 6.89. The van der Waals surface area contributed by atoms with Crippen LogP contribution in [0.1, 0.15) is 13.3 Å². The molecule has 0 spiro atoms. The summed E-state index contributed by atoms with van der Waals surface area (Å²) in [6.45, 7) is 1.85. The zero-order valence-corrected chi connectivity index (χ0v) is 12.7. The van der Waals surface area contributed by atoms with Crippen LogP contribution in [0.2, 0.25) is 5.02 Å². The highest BCUT2D eigenvalue weighted by Gasteiger charge is 2.18. The van der Waals surface area contributed by atoms with Crippen molar-refractivity contribution >= 4 is 34.9 Å². The fourth-order valence-corrected chi connectivity index (χ4v) is 2.04. The van der Waals surface area contributed by atoms with E-state index in [1.807, 2.05) is 6.92 Å². The first kappa shape index (κ1) is 17.9. The van der Waals surface area contributed by atoms with Gasteiger partial charge in [-0.1, -0.05) is 18.5 Å². The van der Waals surface area contributed by atoms with Crippen LogP contribution in [0.3, 0.4) is 0 Å². The molecule has 0 aliphatic rings. The van der Waals surface area contributed by atoms with Crippen LogP contribution in [0.15, 0.2) is 18.2 Å². The van der Waals surface area contributed by atoms with Crippen molar-refractivity contribution in [1.29, 1.82) is 0 Å². The predicted octanol–water partition coefficient (Wildman–Crippen LogP) is 1.98. The van der Waals surface area contributed by atoms with Gasteiger partial charge >= 0.3 is 5.97 Å². The molecule has 8 nitrogen and oxygen atoms in total. The van der Waals surface area contributed by atoms with Crippen LogP contribution < -0.4 is 5.32 Å². The standard InChI is InChI=1S/C13H16ClN3O5/c1-2-5-16(8-13(19)20)7-12(18)15-10-4-3-9(14)6-11(10)17(21)22/h3-4,6H,2,5,7-8H2,1H3,(H,15,18)(H,19,20). The third-order valence-corrected chi connectivity index (χ3v) is 2.93. The van der Waals surface area contributed by atoms with Gasteiger partial charge in [0.2, 0.25) is 5.91 Å². The minimum absolute atomic E-state index is 0.0196. The number of hydrogen-bond acceptors (Lipinski definition) is 5. The summed E-state index contributed by atoms with van der Waals surface area (Å²) in [6.07, 6.45) is 0.682. The fourth-order valence-electron chi connectivity index (χ4n) is 1.88. The number of nitro benzene ring substituents is 1. The molecule has 1 amide bonds. The van der Waals surface area contributed by atoms with Crippen molar-refractivity contribution in [1.82, 2.24) is 4.90 Å². The number of carbonyl (C=O) groups is 2. The van der Waals surface area contributed by atoms with Crippen LogP contribution in [0.5, 0.6) is 0 Å². The molecule has 0 aliphatic carbocycles. The van der Waals surface area contributed by atoms with E-state index in [1.165, 1.54) is 17.0 Å². The molecule has 0 atom stereocenters. The van der Waals surface area contributed by atoms with Gasteiger partial charge in [0.15, 0.2) is 0 Å². The second-order valence-electron chi connectivity index (χ2n) is 4.57. The van der Waals surface area contributed by atoms with Crippen molar-refractivity contribution in [2.45, 2.75) is 13.3 Å². The molecule has 22 heavy (non-hydrogen) atoms. The molecule has 9 heteroatoms. The molecule has 120 valence electrons. The van der Waals surface area contributed by atoms with Crippen LogP contribution in [0, 0.1) is 10.1 Å². The number of aliphatic carboxylic acids is 1. The molecule has 0 fully saturated rings. The number of benzene rings is 1. The Kier molecular flexibility index (Phi) is 6.74. The second kappa shape index (κ2) is 8.30. The molecular formula is C13H16ClN3O5. The summed E-state index contributed by atoms with van der Waals surface area (Å²) in [5, 5.41) is 22.3. The Bertz CT molecular complexity index is 579. The molecule has 1 rings (SSSR count). The Balaban J connectivity index is 2.79. The van der Waals surface area contributed by atoms with Gasteiger partial charge < -0.3 is 10.4 Å². The zero-order chi connectivity index (χ0) is 16.7. The summed E-state index contributed by atoms with van der Waals surface area (Å²) >= 11 is 5.69. The van der Waals surface area contributed by atoms with Gasteiger partial charge in [0, 0.05) is 11.1 Å². The number of nitrogens with one attached hydrogen (secondary N) is 1. The van der Waals surface area contributed by atoms with Crippen molar-refractivity contribution in [3.63, 3.8) is 0 Å². The third kappa shape index (κ3) is 5.66. The molecular weight excluding hydrogens is 314 g/mol. The maximum absolute atomic E-state index is 11.9. The summed E-state index contributed by atoms with van der Waals surface area (Å²) in [7, 11) is 0. The summed E-state index contributed by atoms with van der Waals surface area (Å²) in [6, 6.07) is 3.89. The van der Waals surface area contributed by atoms with E-state index in [1.54, 1.807) is 0 Å². The number of hydrogen-bond donors (Lipinski definition) is 2. The van der Waals surface area contributed by atoms with Gasteiger partial charge in [-0.05, 0) is 25.1 Å². The highest BCUT2D eigenvalue weighted by Crippen LogP contribution is 2.27. The summed E-state index contributed by atoms with van der Waals surface area (Å²) in [5.74, 6) is -1.57. The van der Waals surface area contributed by atoms with E-state index >= 15 is 0 Å². The predicted molar refractivity (Wildman–Crippen MR) is 81.1 cm³/mol. The van der Waals surface area contributed by atoms with Crippen LogP contribution in [0.4, 0.5) is 11.4 Å². The molecule has 0 radical (unpaired) electrons. The lowest BCUT2D eigenvalue weighted by molar-refractivity contribution is -0.383. The number of anilines is 1. The molecule has 0 aromatic heterocycles. The number of rotatable bonds is 8. The van der Waals surface area contributed by atoms with Crippen molar-refractivity contribution in [2.75, 3.05) is 25.0 Å². The highest BCUT2D eigenvalue weighted by molar-refractivity contribution is 6.31. The average molecular weight is 330 g/mol. The Morgan fingerprint density at radius 1 is 1.41 bits per heavy atom. The summed E-state index contributed by atoms with van der Waals surface area (Å²) < 4.78 is 0. The average Bonchev–Trinajstić information content (AvgIpc) is 2.40. The molecule has 0 bridgehead atoms. The SMILES string of the molecule is CCCN(CC(=O)O)CC(=O)Nc1ccc(Cl)cc1[N+](=O)[O-]. The number of carboxylic acids is 1. The molecule has 0 saturated carbocycles. The van der Waals surface area contributed by atoms with Crippen LogP contribution in [-0.4, -0.2) is 46.4 Å². The van der Waals surface area contributed by atoms with Gasteiger partial charge in [0.05, 0.1) is 18.0 Å². The number of amides is 1. The molecule has 0 saturated heterocycles. The van der Waals surface area contributed by atoms with E-state index in [0.29, 0.717) is 13.0 Å². The molecule has 1 aromatic carbocycles. The maximum atomic E-state index is 11.9. The minimum atomic E-state index is -1.04. The Hall–Kier alpha value is -2.19. The number of carboxylic acid groups (broad SMARTS) is 1. The van der Waals surface area contributed by atoms with E-state index in [2.05, 4.69) is 5.32 Å². The lowest BCUT2D eigenvalue weighted by Gasteiger charge is -2.18. The highest BCUT2D eigenvalue weighted by atomic mass is 35.5. The molecule has 0 unspecified atom stereocenters. The maximum Gasteiger partial charge on any atom is 0.317 e. The molecule has 2 N–H and O–H groups in total. The van der Waals surface area contributed by atoms with E-state index in [0.717, 1.165) is 6.07 Å². The lowest BCUT2D eigenvalue weighted by atomic mass is 10.2. The zero-order valence-electron chi connectivity index (χ0n) is 11.9. The first-order chi connectivity index (χ1) is 10.3. The topological polar surface area (TPSA) is 113 Å². The number of nitro groups is 1. The van der Waals surface area contributed by atoms with Crippen LogP contribution >= 0.6 is 11.6 Å². The smallest absolute Gasteiger partial charge is 0.317 e. The van der Waals surface area contributed by atoms with Gasteiger partial charge in [-0.3, -0.25) is 24.6 Å². The Morgan fingerprint density at radius 2 is 2.09 bits per heavy atom. The molecule has 0 heterocycles. The van der Waals surface area contributed by atoms with Gasteiger partial charge in [-0.15, -0.1) is 0 Å². The number of halogens is 1. The van der Waals surface area contributed by atoms with E-state index in [9.17, 15) is 19.7 Å². The van der Waals surface area contributed by atoms with Crippen molar-refractivity contribution in [2.24, 2.45) is 0 Å². The van der Waals surface area contributed by atoms with Gasteiger partial charge in [-0.25, -0.2) is 0 Å². The van der Waals surface area contributed by atoms with E-state index in [-0.39, 0.29) is 29.5 Å². The molecule has 0 aliphatic heterocycles. The van der Waals surface area contributed by atoms with Crippen LogP contribution in [-0.2, 0) is 9.59 Å². The Labute approximate surface area is 131 Å². The van der Waals surface area contributed by atoms with Crippen molar-refractivity contribution in [3.05, 3.63) is 33.3 Å². The van der Waals surface area contributed by atoms with E-state index in [4.69, 9.17) is 16.7 Å². The summed E-state index contributed by atoms with van der Waals surface area (Å²) in [5.41, 5.74) is -0.299. The quantitative estimate of drug-likeness (QED) is 0.557. The van der Waals surface area contributed by atoms with Crippen molar-refractivity contribution in [3.8, 4) is 0 Å². The van der Waals surface area contributed by atoms with Gasteiger partial charge in [-0.2, -0.15) is 0 Å². The van der Waals surface area contributed by atoms with Gasteiger partial charge in [0.25, 0.3) is 5.69 Å². The normalized spacial score (nSPS) is 10.5. The number of nitrogens with zero attached hydrogens (tertiary/aromatic N) is 2. The number of carbonyl (C=O) groups excluding carboxylic acids is 1. The van der Waals surface area contributed by atoms with Gasteiger partial charge in [0.1, 0.15) is 5.69 Å². The second-order valence-corrected chi connectivity index (χ2v) is 5.01.